The maximum atomic E-state index is 13.5. The van der Waals surface area contributed by atoms with E-state index < -0.39 is 20.3 Å². The van der Waals surface area contributed by atoms with Gasteiger partial charge in [-0.2, -0.15) is 0 Å². The number of rotatable bonds is 10. The SMILES string of the molecule is Cn1nnnc1C(CCCBr)S(=O)(=O)C(CCCBr)c1nnnn1C. The number of sulfone groups is 1. The zero-order valence-electron chi connectivity index (χ0n) is 14.0. The van der Waals surface area contributed by atoms with Crippen molar-refractivity contribution in [1.29, 1.82) is 0 Å². The molecule has 0 N–H and O–H groups in total. The summed E-state index contributed by atoms with van der Waals surface area (Å²) in [6.45, 7) is 0. The number of alkyl halides is 2. The second kappa shape index (κ2) is 9.12. The molecule has 0 saturated heterocycles. The Kier molecular flexibility index (Phi) is 7.43. The van der Waals surface area contributed by atoms with Crippen LogP contribution in [0.4, 0.5) is 0 Å². The molecule has 0 aliphatic rings. The van der Waals surface area contributed by atoms with Gasteiger partial charge in [-0.3, -0.25) is 0 Å². The second-order valence-electron chi connectivity index (χ2n) is 5.55. The molecule has 0 amide bonds. The highest BCUT2D eigenvalue weighted by Gasteiger charge is 2.40. The van der Waals surface area contributed by atoms with Crippen molar-refractivity contribution in [1.82, 2.24) is 40.4 Å². The fourth-order valence-corrected chi connectivity index (χ4v) is 5.64. The molecule has 13 heteroatoms. The van der Waals surface area contributed by atoms with Crippen molar-refractivity contribution >= 4 is 41.7 Å². The molecule has 25 heavy (non-hydrogen) atoms. The van der Waals surface area contributed by atoms with E-state index in [1.807, 2.05) is 0 Å². The Morgan fingerprint density at radius 1 is 0.880 bits per heavy atom. The molecule has 0 aromatic carbocycles. The average Bonchev–Trinajstić information content (AvgIpc) is 3.17. The summed E-state index contributed by atoms with van der Waals surface area (Å²) >= 11 is 6.72. The summed E-state index contributed by atoms with van der Waals surface area (Å²) in [5.41, 5.74) is 0. The predicted molar refractivity (Wildman–Crippen MR) is 98.1 cm³/mol. The molecular formula is C12H20Br2N8O2S. The van der Waals surface area contributed by atoms with Gasteiger partial charge < -0.3 is 0 Å². The van der Waals surface area contributed by atoms with Gasteiger partial charge in [0, 0.05) is 24.8 Å². The Bertz CT molecular complexity index is 719. The number of hydrogen-bond acceptors (Lipinski definition) is 8. The molecule has 2 atom stereocenters. The molecule has 0 fully saturated rings. The monoisotopic (exact) mass is 498 g/mol. The highest BCUT2D eigenvalue weighted by atomic mass is 79.9. The minimum Gasteiger partial charge on any atom is -0.231 e. The summed E-state index contributed by atoms with van der Waals surface area (Å²) < 4.78 is 29.8. The molecule has 0 aliphatic carbocycles. The van der Waals surface area contributed by atoms with Crippen LogP contribution in [-0.4, -0.2) is 59.5 Å². The molecule has 140 valence electrons. The van der Waals surface area contributed by atoms with Crippen LogP contribution in [0.15, 0.2) is 0 Å². The van der Waals surface area contributed by atoms with Crippen LogP contribution in [0.5, 0.6) is 0 Å². The zero-order valence-corrected chi connectivity index (χ0v) is 17.9. The van der Waals surface area contributed by atoms with Crippen LogP contribution in [-0.2, 0) is 23.9 Å². The first-order valence-corrected chi connectivity index (χ1v) is 11.6. The Morgan fingerprint density at radius 2 is 1.28 bits per heavy atom. The van der Waals surface area contributed by atoms with Crippen LogP contribution in [0, 0.1) is 0 Å². The average molecular weight is 500 g/mol. The fourth-order valence-electron chi connectivity index (χ4n) is 2.62. The summed E-state index contributed by atoms with van der Waals surface area (Å²) in [6.07, 6.45) is 2.19. The third kappa shape index (κ3) is 4.61. The number of hydrogen-bond donors (Lipinski definition) is 0. The van der Waals surface area contributed by atoms with Crippen molar-refractivity contribution in [3.8, 4) is 0 Å². The van der Waals surface area contributed by atoms with E-state index in [0.717, 1.165) is 0 Å². The van der Waals surface area contributed by atoms with Gasteiger partial charge in [0.25, 0.3) is 0 Å². The van der Waals surface area contributed by atoms with Gasteiger partial charge in [0.1, 0.15) is 10.5 Å². The van der Waals surface area contributed by atoms with Crippen LogP contribution in [0.1, 0.15) is 47.8 Å². The van der Waals surface area contributed by atoms with Gasteiger partial charge in [0.05, 0.1) is 0 Å². The van der Waals surface area contributed by atoms with Crippen molar-refractivity contribution in [3.05, 3.63) is 11.6 Å². The number of nitrogens with zero attached hydrogens (tertiary/aromatic N) is 8. The molecule has 10 nitrogen and oxygen atoms in total. The van der Waals surface area contributed by atoms with E-state index in [-0.39, 0.29) is 0 Å². The van der Waals surface area contributed by atoms with Gasteiger partial charge in [-0.15, -0.1) is 10.2 Å². The highest BCUT2D eigenvalue weighted by molar-refractivity contribution is 9.09. The number of aryl methyl sites for hydroxylation is 2. The van der Waals surface area contributed by atoms with E-state index >= 15 is 0 Å². The molecule has 2 aromatic rings. The summed E-state index contributed by atoms with van der Waals surface area (Å²) in [5, 5.41) is 22.4. The lowest BCUT2D eigenvalue weighted by atomic mass is 10.2. The Labute approximate surface area is 162 Å². The van der Waals surface area contributed by atoms with E-state index in [2.05, 4.69) is 62.9 Å². The zero-order chi connectivity index (χ0) is 18.4. The van der Waals surface area contributed by atoms with Gasteiger partial charge in [0.15, 0.2) is 21.5 Å². The van der Waals surface area contributed by atoms with Gasteiger partial charge >= 0.3 is 0 Å². The number of halogens is 2. The van der Waals surface area contributed by atoms with Gasteiger partial charge in [-0.05, 0) is 46.5 Å². The molecule has 2 aromatic heterocycles. The third-order valence-electron chi connectivity index (χ3n) is 3.87. The summed E-state index contributed by atoms with van der Waals surface area (Å²) in [6, 6.07) is 0. The van der Waals surface area contributed by atoms with Crippen molar-refractivity contribution in [2.45, 2.75) is 36.2 Å². The van der Waals surface area contributed by atoms with Crippen LogP contribution in [0.25, 0.3) is 0 Å². The Morgan fingerprint density at radius 3 is 1.56 bits per heavy atom. The van der Waals surface area contributed by atoms with Crippen molar-refractivity contribution < 1.29 is 8.42 Å². The fraction of sp³-hybridized carbons (Fsp3) is 0.833. The topological polar surface area (TPSA) is 121 Å². The van der Waals surface area contributed by atoms with Crippen molar-refractivity contribution in [2.24, 2.45) is 14.1 Å². The molecule has 0 bridgehead atoms. The lowest BCUT2D eigenvalue weighted by molar-refractivity contribution is 0.528. The largest absolute Gasteiger partial charge is 0.231 e. The Balaban J connectivity index is 2.47. The molecule has 2 unspecified atom stereocenters. The smallest absolute Gasteiger partial charge is 0.170 e. The second-order valence-corrected chi connectivity index (χ2v) is 9.45. The first-order valence-electron chi connectivity index (χ1n) is 7.72. The number of aromatic nitrogens is 8. The maximum absolute atomic E-state index is 13.5. The Hall–Kier alpha value is -0.950. The van der Waals surface area contributed by atoms with E-state index in [4.69, 9.17) is 0 Å². The van der Waals surface area contributed by atoms with Gasteiger partial charge in [-0.1, -0.05) is 31.9 Å². The lowest BCUT2D eigenvalue weighted by Crippen LogP contribution is -2.26. The minimum atomic E-state index is -3.67. The predicted octanol–water partition coefficient (Wildman–Crippen LogP) is 1.28. The van der Waals surface area contributed by atoms with E-state index in [0.29, 0.717) is 48.0 Å². The minimum absolute atomic E-state index is 0.333. The number of tetrazole rings is 2. The maximum Gasteiger partial charge on any atom is 0.170 e. The van der Waals surface area contributed by atoms with Crippen LogP contribution in [0.3, 0.4) is 0 Å². The molecule has 0 saturated carbocycles. The van der Waals surface area contributed by atoms with Crippen molar-refractivity contribution in [3.63, 3.8) is 0 Å². The third-order valence-corrected chi connectivity index (χ3v) is 7.48. The first-order chi connectivity index (χ1) is 11.9. The summed E-state index contributed by atoms with van der Waals surface area (Å²) in [4.78, 5) is 0. The van der Waals surface area contributed by atoms with Crippen LogP contribution < -0.4 is 0 Å². The standard InChI is InChI=1S/C12H20Br2N8O2S/c1-21-11(15-17-19-21)9(5-3-7-13)25(23,24)10(6-4-8-14)12-16-18-20-22(12)2/h9-10H,3-8H2,1-2H3. The van der Waals surface area contributed by atoms with Crippen LogP contribution in [0.2, 0.25) is 0 Å². The molecule has 0 aliphatic heterocycles. The molecule has 0 spiro atoms. The quantitative estimate of drug-likeness (QED) is 0.448. The molecular weight excluding hydrogens is 480 g/mol. The summed E-state index contributed by atoms with van der Waals surface area (Å²) in [7, 11) is -0.382. The highest BCUT2D eigenvalue weighted by Crippen LogP contribution is 2.37. The van der Waals surface area contributed by atoms with Gasteiger partial charge in [0.2, 0.25) is 0 Å². The van der Waals surface area contributed by atoms with Gasteiger partial charge in [-0.25, -0.2) is 17.8 Å². The molecule has 2 rings (SSSR count). The first kappa shape index (κ1) is 20.4. The molecule has 2 heterocycles. The summed E-state index contributed by atoms with van der Waals surface area (Å²) in [5.74, 6) is 0.667. The van der Waals surface area contributed by atoms with E-state index in [1.54, 1.807) is 14.1 Å². The normalized spacial score (nSPS) is 14.6. The lowest BCUT2D eigenvalue weighted by Gasteiger charge is -2.22. The molecule has 0 radical (unpaired) electrons. The van der Waals surface area contributed by atoms with E-state index in [9.17, 15) is 8.42 Å². The van der Waals surface area contributed by atoms with E-state index in [1.165, 1.54) is 9.36 Å². The van der Waals surface area contributed by atoms with Crippen molar-refractivity contribution in [2.75, 3.05) is 10.7 Å². The van der Waals surface area contributed by atoms with Crippen LogP contribution >= 0.6 is 31.9 Å².